The van der Waals surface area contributed by atoms with Crippen LogP contribution in [0.15, 0.2) is 36.7 Å². The number of hydrogen-bond acceptors (Lipinski definition) is 4. The molecule has 7 nitrogen and oxygen atoms in total. The van der Waals surface area contributed by atoms with Gasteiger partial charge in [-0.05, 0) is 44.0 Å². The SMILES string of the molecule is CCC[C@@H](C(=O)N1CCc2[nH]cnc2[C@@H]1c1ccc(OC)cc1)n1nc(C)cc1C. The Morgan fingerprint density at radius 3 is 2.70 bits per heavy atom. The van der Waals surface area contributed by atoms with Crippen molar-refractivity contribution in [3.8, 4) is 5.75 Å². The largest absolute Gasteiger partial charge is 0.497 e. The molecule has 0 spiro atoms. The molecule has 0 saturated heterocycles. The summed E-state index contributed by atoms with van der Waals surface area (Å²) in [5.74, 6) is 0.888. The molecule has 0 bridgehead atoms. The molecule has 1 aliphatic rings. The Labute approximate surface area is 177 Å². The maximum Gasteiger partial charge on any atom is 0.248 e. The zero-order chi connectivity index (χ0) is 21.3. The second-order valence-electron chi connectivity index (χ2n) is 7.90. The van der Waals surface area contributed by atoms with Crippen LogP contribution in [-0.4, -0.2) is 44.2 Å². The van der Waals surface area contributed by atoms with Crippen molar-refractivity contribution in [3.63, 3.8) is 0 Å². The summed E-state index contributed by atoms with van der Waals surface area (Å²) in [6, 6.07) is 9.39. The summed E-state index contributed by atoms with van der Waals surface area (Å²) in [6.07, 6.45) is 4.15. The zero-order valence-corrected chi connectivity index (χ0v) is 18.1. The summed E-state index contributed by atoms with van der Waals surface area (Å²) >= 11 is 0. The van der Waals surface area contributed by atoms with Crippen LogP contribution in [0, 0.1) is 13.8 Å². The normalized spacial score (nSPS) is 16.9. The van der Waals surface area contributed by atoms with Crippen LogP contribution in [0.3, 0.4) is 0 Å². The molecule has 2 aromatic heterocycles. The van der Waals surface area contributed by atoms with Crippen LogP contribution in [0.1, 0.15) is 60.2 Å². The second-order valence-corrected chi connectivity index (χ2v) is 7.90. The van der Waals surface area contributed by atoms with Gasteiger partial charge in [-0.2, -0.15) is 5.10 Å². The molecule has 0 fully saturated rings. The number of benzene rings is 1. The molecule has 0 radical (unpaired) electrons. The van der Waals surface area contributed by atoms with Gasteiger partial charge in [-0.25, -0.2) is 4.98 Å². The van der Waals surface area contributed by atoms with Gasteiger partial charge in [0, 0.05) is 24.4 Å². The van der Waals surface area contributed by atoms with Gasteiger partial charge in [0.15, 0.2) is 0 Å². The van der Waals surface area contributed by atoms with Crippen LogP contribution < -0.4 is 4.74 Å². The first-order valence-corrected chi connectivity index (χ1v) is 10.5. The van der Waals surface area contributed by atoms with Crippen molar-refractivity contribution in [3.05, 3.63) is 65.0 Å². The Morgan fingerprint density at radius 2 is 2.07 bits per heavy atom. The molecular formula is C23H29N5O2. The molecule has 30 heavy (non-hydrogen) atoms. The molecule has 0 aliphatic carbocycles. The number of carbonyl (C=O) groups is 1. The molecule has 1 aromatic carbocycles. The van der Waals surface area contributed by atoms with E-state index in [1.54, 1.807) is 13.4 Å². The fourth-order valence-corrected chi connectivity index (χ4v) is 4.41. The maximum atomic E-state index is 13.9. The highest BCUT2D eigenvalue weighted by atomic mass is 16.5. The van der Waals surface area contributed by atoms with E-state index in [1.807, 2.05) is 53.8 Å². The van der Waals surface area contributed by atoms with Gasteiger partial charge in [-0.1, -0.05) is 25.5 Å². The van der Waals surface area contributed by atoms with Crippen molar-refractivity contribution in [1.29, 1.82) is 0 Å². The van der Waals surface area contributed by atoms with E-state index < -0.39 is 0 Å². The van der Waals surface area contributed by atoms with Crippen molar-refractivity contribution in [2.24, 2.45) is 0 Å². The number of aromatic amines is 1. The maximum absolute atomic E-state index is 13.9. The molecule has 1 N–H and O–H groups in total. The number of aromatic nitrogens is 4. The number of hydrogen-bond donors (Lipinski definition) is 1. The monoisotopic (exact) mass is 407 g/mol. The molecule has 4 rings (SSSR count). The molecule has 7 heteroatoms. The Morgan fingerprint density at radius 1 is 1.30 bits per heavy atom. The van der Waals surface area contributed by atoms with Crippen LogP contribution >= 0.6 is 0 Å². The summed E-state index contributed by atoms with van der Waals surface area (Å²) in [6.45, 7) is 6.73. The summed E-state index contributed by atoms with van der Waals surface area (Å²) in [5, 5.41) is 4.63. The number of rotatable bonds is 6. The minimum Gasteiger partial charge on any atom is -0.497 e. The highest BCUT2D eigenvalue weighted by Gasteiger charge is 2.37. The number of aryl methyl sites for hydroxylation is 2. The Bertz CT molecular complexity index is 1020. The average Bonchev–Trinajstić information content (AvgIpc) is 3.36. The number of H-pyrrole nitrogens is 1. The van der Waals surface area contributed by atoms with E-state index in [4.69, 9.17) is 4.74 Å². The van der Waals surface area contributed by atoms with Crippen LogP contribution in [0.4, 0.5) is 0 Å². The predicted octanol–water partition coefficient (Wildman–Crippen LogP) is 3.75. The number of carbonyl (C=O) groups excluding carboxylic acids is 1. The van der Waals surface area contributed by atoms with Gasteiger partial charge in [0.05, 0.1) is 24.8 Å². The fourth-order valence-electron chi connectivity index (χ4n) is 4.41. The molecule has 0 unspecified atom stereocenters. The first kappa shape index (κ1) is 20.2. The number of nitrogens with zero attached hydrogens (tertiary/aromatic N) is 4. The number of nitrogens with one attached hydrogen (secondary N) is 1. The summed E-state index contributed by atoms with van der Waals surface area (Å²) in [5.41, 5.74) is 4.99. The van der Waals surface area contributed by atoms with E-state index in [1.165, 1.54) is 0 Å². The summed E-state index contributed by atoms with van der Waals surface area (Å²) in [7, 11) is 1.65. The minimum absolute atomic E-state index is 0.0949. The van der Waals surface area contributed by atoms with Crippen LogP contribution in [0.25, 0.3) is 0 Å². The Kier molecular flexibility index (Phi) is 5.61. The molecule has 1 amide bonds. The van der Waals surface area contributed by atoms with Gasteiger partial charge < -0.3 is 14.6 Å². The van der Waals surface area contributed by atoms with Gasteiger partial charge in [0.25, 0.3) is 0 Å². The summed E-state index contributed by atoms with van der Waals surface area (Å²) < 4.78 is 7.21. The quantitative estimate of drug-likeness (QED) is 0.675. The number of methoxy groups -OCH3 is 1. The molecular weight excluding hydrogens is 378 g/mol. The van der Waals surface area contributed by atoms with Gasteiger partial charge in [-0.15, -0.1) is 0 Å². The van der Waals surface area contributed by atoms with Crippen molar-refractivity contribution >= 4 is 5.91 Å². The number of imidazole rings is 1. The van der Waals surface area contributed by atoms with E-state index in [-0.39, 0.29) is 18.0 Å². The van der Waals surface area contributed by atoms with Crippen molar-refractivity contribution in [2.75, 3.05) is 13.7 Å². The van der Waals surface area contributed by atoms with Crippen LogP contribution in [0.2, 0.25) is 0 Å². The smallest absolute Gasteiger partial charge is 0.248 e. The first-order chi connectivity index (χ1) is 14.5. The molecule has 2 atom stereocenters. The molecule has 158 valence electrons. The molecule has 1 aliphatic heterocycles. The number of fused-ring (bicyclic) bond motifs is 1. The molecule has 3 aromatic rings. The van der Waals surface area contributed by atoms with Gasteiger partial charge >= 0.3 is 0 Å². The average molecular weight is 408 g/mol. The van der Waals surface area contributed by atoms with Gasteiger partial charge in [0.2, 0.25) is 5.91 Å². The van der Waals surface area contributed by atoms with Gasteiger partial charge in [0.1, 0.15) is 17.8 Å². The zero-order valence-electron chi connectivity index (χ0n) is 18.1. The lowest BCUT2D eigenvalue weighted by Crippen LogP contribution is -2.44. The van der Waals surface area contributed by atoms with Gasteiger partial charge in [-0.3, -0.25) is 9.48 Å². The molecule has 0 saturated carbocycles. The third kappa shape index (κ3) is 3.60. The predicted molar refractivity (Wildman–Crippen MR) is 114 cm³/mol. The second kappa shape index (κ2) is 8.34. The lowest BCUT2D eigenvalue weighted by Gasteiger charge is -2.37. The third-order valence-electron chi connectivity index (χ3n) is 5.83. The third-order valence-corrected chi connectivity index (χ3v) is 5.83. The van der Waals surface area contributed by atoms with E-state index in [0.29, 0.717) is 6.54 Å². The van der Waals surface area contributed by atoms with E-state index in [2.05, 4.69) is 22.0 Å². The van der Waals surface area contributed by atoms with Crippen LogP contribution in [-0.2, 0) is 11.2 Å². The highest BCUT2D eigenvalue weighted by molar-refractivity contribution is 5.81. The number of ether oxygens (including phenoxy) is 1. The standard InChI is InChI=1S/C23H29N5O2/c1-5-6-20(28-16(3)13-15(2)26-28)23(29)27-12-11-19-21(25-14-24-19)22(27)17-7-9-18(30-4)10-8-17/h7-10,13-14,20,22H,5-6,11-12H2,1-4H3,(H,24,25)/t20-,22-/m0/s1. The lowest BCUT2D eigenvalue weighted by atomic mass is 9.94. The van der Waals surface area contributed by atoms with Crippen LogP contribution in [0.5, 0.6) is 5.75 Å². The molecule has 3 heterocycles. The topological polar surface area (TPSA) is 76.0 Å². The minimum atomic E-state index is -0.315. The van der Waals surface area contributed by atoms with E-state index in [0.717, 1.165) is 53.4 Å². The van der Waals surface area contributed by atoms with Crippen molar-refractivity contribution in [2.45, 2.75) is 52.1 Å². The van der Waals surface area contributed by atoms with Crippen molar-refractivity contribution < 1.29 is 9.53 Å². The Hall–Kier alpha value is -3.09. The fraction of sp³-hybridized carbons (Fsp3) is 0.435. The van der Waals surface area contributed by atoms with E-state index in [9.17, 15) is 4.79 Å². The lowest BCUT2D eigenvalue weighted by molar-refractivity contribution is -0.137. The van der Waals surface area contributed by atoms with Crippen molar-refractivity contribution in [1.82, 2.24) is 24.6 Å². The first-order valence-electron chi connectivity index (χ1n) is 10.5. The highest BCUT2D eigenvalue weighted by Crippen LogP contribution is 2.36. The summed E-state index contributed by atoms with van der Waals surface area (Å²) in [4.78, 5) is 23.7. The Balaban J connectivity index is 1.74. The van der Waals surface area contributed by atoms with E-state index >= 15 is 0 Å². The number of amides is 1.